The number of carbonyl (C=O) groups excluding carboxylic acids is 1. The van der Waals surface area contributed by atoms with Crippen LogP contribution in [-0.4, -0.2) is 67.8 Å². The fourth-order valence-corrected chi connectivity index (χ4v) is 0.763. The van der Waals surface area contributed by atoms with Gasteiger partial charge in [-0.05, 0) is 6.92 Å². The first-order valence-electron chi connectivity index (χ1n) is 3.75. The van der Waals surface area contributed by atoms with Crippen LogP contribution in [0.1, 0.15) is 6.92 Å². The average molecular weight is 212 g/mol. The third-order valence-corrected chi connectivity index (χ3v) is 1.67. The molecular formula is C7H16O7. The number of Topliss-reactive ketones (excluding diaryl/α,β-unsaturated/α-hetero) is 1. The maximum absolute atomic E-state index is 10.5. The minimum atomic E-state index is -1.79. The third-order valence-electron chi connectivity index (χ3n) is 1.67. The first kappa shape index (κ1) is 15.9. The second-order valence-corrected chi connectivity index (χ2v) is 2.79. The van der Waals surface area contributed by atoms with Crippen LogP contribution in [0.15, 0.2) is 0 Å². The third kappa shape index (κ3) is 4.09. The number of aliphatic hydroxyl groups is 5. The van der Waals surface area contributed by atoms with E-state index in [9.17, 15) is 4.79 Å². The van der Waals surface area contributed by atoms with Crippen molar-refractivity contribution in [2.45, 2.75) is 31.3 Å². The summed E-state index contributed by atoms with van der Waals surface area (Å²) < 4.78 is 0. The van der Waals surface area contributed by atoms with Crippen LogP contribution in [0.3, 0.4) is 0 Å². The monoisotopic (exact) mass is 212 g/mol. The van der Waals surface area contributed by atoms with Crippen molar-refractivity contribution in [1.29, 1.82) is 0 Å². The minimum absolute atomic E-state index is 0. The van der Waals surface area contributed by atoms with Gasteiger partial charge in [0, 0.05) is 0 Å². The molecule has 0 aliphatic carbocycles. The summed E-state index contributed by atoms with van der Waals surface area (Å²) in [5.41, 5.74) is 0. The van der Waals surface area contributed by atoms with Gasteiger partial charge in [0.1, 0.15) is 24.4 Å². The van der Waals surface area contributed by atoms with E-state index in [1.165, 1.54) is 0 Å². The molecule has 0 rings (SSSR count). The van der Waals surface area contributed by atoms with Gasteiger partial charge in [-0.2, -0.15) is 0 Å². The lowest BCUT2D eigenvalue weighted by atomic mass is 10.0. The molecule has 0 saturated heterocycles. The van der Waals surface area contributed by atoms with Crippen LogP contribution in [0.2, 0.25) is 0 Å². The van der Waals surface area contributed by atoms with Crippen molar-refractivity contribution in [3.05, 3.63) is 0 Å². The van der Waals surface area contributed by atoms with Crippen molar-refractivity contribution in [3.8, 4) is 0 Å². The molecule has 0 fully saturated rings. The lowest BCUT2D eigenvalue weighted by molar-refractivity contribution is -0.145. The van der Waals surface area contributed by atoms with Gasteiger partial charge in [-0.15, -0.1) is 0 Å². The van der Waals surface area contributed by atoms with Crippen molar-refractivity contribution < 1.29 is 35.8 Å². The topological polar surface area (TPSA) is 150 Å². The van der Waals surface area contributed by atoms with E-state index in [-0.39, 0.29) is 5.48 Å². The van der Waals surface area contributed by atoms with Gasteiger partial charge in [0.25, 0.3) is 0 Å². The molecule has 0 aromatic rings. The largest absolute Gasteiger partial charge is 0.412 e. The Labute approximate surface area is 80.5 Å². The molecule has 0 saturated carbocycles. The highest BCUT2D eigenvalue weighted by Gasteiger charge is 2.32. The summed E-state index contributed by atoms with van der Waals surface area (Å²) in [4.78, 5) is 10.5. The van der Waals surface area contributed by atoms with E-state index in [1.54, 1.807) is 0 Å². The number of rotatable bonds is 5. The number of hydrogen-bond donors (Lipinski definition) is 5. The smallest absolute Gasteiger partial charge is 0.160 e. The van der Waals surface area contributed by atoms with E-state index in [1.807, 2.05) is 0 Å². The van der Waals surface area contributed by atoms with Gasteiger partial charge in [0.15, 0.2) is 5.78 Å². The van der Waals surface area contributed by atoms with Gasteiger partial charge >= 0.3 is 0 Å². The van der Waals surface area contributed by atoms with Crippen LogP contribution in [0.4, 0.5) is 0 Å². The maximum Gasteiger partial charge on any atom is 0.160 e. The second-order valence-electron chi connectivity index (χ2n) is 2.79. The van der Waals surface area contributed by atoms with Gasteiger partial charge in [-0.3, -0.25) is 4.79 Å². The predicted molar refractivity (Wildman–Crippen MR) is 45.4 cm³/mol. The van der Waals surface area contributed by atoms with Crippen LogP contribution >= 0.6 is 0 Å². The molecule has 7 nitrogen and oxygen atoms in total. The van der Waals surface area contributed by atoms with Crippen LogP contribution in [0.5, 0.6) is 0 Å². The summed E-state index contributed by atoms with van der Waals surface area (Å²) >= 11 is 0. The van der Waals surface area contributed by atoms with Crippen LogP contribution in [0, 0.1) is 0 Å². The van der Waals surface area contributed by atoms with Gasteiger partial charge in [0.2, 0.25) is 0 Å². The maximum atomic E-state index is 10.5. The summed E-state index contributed by atoms with van der Waals surface area (Å²) in [5, 5.41) is 44.3. The molecule has 0 aromatic heterocycles. The van der Waals surface area contributed by atoms with E-state index in [0.717, 1.165) is 6.92 Å². The zero-order valence-corrected chi connectivity index (χ0v) is 7.66. The lowest BCUT2D eigenvalue weighted by Crippen LogP contribution is -2.48. The highest BCUT2D eigenvalue weighted by atomic mass is 16.4. The summed E-state index contributed by atoms with van der Waals surface area (Å²) in [6, 6.07) is 0. The fourth-order valence-electron chi connectivity index (χ4n) is 0.763. The van der Waals surface area contributed by atoms with Crippen LogP contribution in [-0.2, 0) is 4.79 Å². The zero-order valence-electron chi connectivity index (χ0n) is 7.66. The van der Waals surface area contributed by atoms with Crippen molar-refractivity contribution in [3.63, 3.8) is 0 Å². The number of ketones is 1. The van der Waals surface area contributed by atoms with Crippen molar-refractivity contribution in [2.24, 2.45) is 0 Å². The van der Waals surface area contributed by atoms with Gasteiger partial charge in [0.05, 0.1) is 6.61 Å². The van der Waals surface area contributed by atoms with E-state index >= 15 is 0 Å². The number of carbonyl (C=O) groups is 1. The predicted octanol–water partition coefficient (Wildman–Crippen LogP) is -3.81. The molecule has 0 amide bonds. The molecule has 0 heterocycles. The Morgan fingerprint density at radius 1 is 1.14 bits per heavy atom. The second kappa shape index (κ2) is 6.82. The summed E-state index contributed by atoms with van der Waals surface area (Å²) in [5.74, 6) is -0.725. The SMILES string of the molecule is CC(=O)[C@H](O)[C@@H](O)[C@H](O)[C@H](O)CO.O. The van der Waals surface area contributed by atoms with E-state index in [4.69, 9.17) is 25.5 Å². The Morgan fingerprint density at radius 2 is 1.57 bits per heavy atom. The van der Waals surface area contributed by atoms with E-state index < -0.39 is 36.8 Å². The van der Waals surface area contributed by atoms with Crippen LogP contribution < -0.4 is 0 Å². The molecule has 7 N–H and O–H groups in total. The zero-order chi connectivity index (χ0) is 10.6. The molecule has 0 aromatic carbocycles. The summed E-state index contributed by atoms with van der Waals surface area (Å²) in [6.07, 6.45) is -6.87. The normalized spacial score (nSPS) is 19.0. The molecule has 4 atom stereocenters. The lowest BCUT2D eigenvalue weighted by Gasteiger charge is -2.23. The van der Waals surface area contributed by atoms with Crippen molar-refractivity contribution >= 4 is 5.78 Å². The van der Waals surface area contributed by atoms with Crippen molar-refractivity contribution in [2.75, 3.05) is 6.61 Å². The molecule has 0 aliphatic heterocycles. The molecule has 7 heteroatoms. The Morgan fingerprint density at radius 3 is 1.86 bits per heavy atom. The van der Waals surface area contributed by atoms with E-state index in [2.05, 4.69) is 0 Å². The van der Waals surface area contributed by atoms with Crippen molar-refractivity contribution in [1.82, 2.24) is 0 Å². The molecule has 0 aliphatic rings. The number of aliphatic hydroxyl groups excluding tert-OH is 5. The summed E-state index contributed by atoms with van der Waals surface area (Å²) in [7, 11) is 0. The average Bonchev–Trinajstić information content (AvgIpc) is 2.12. The molecule has 0 unspecified atom stereocenters. The van der Waals surface area contributed by atoms with E-state index in [0.29, 0.717) is 0 Å². The first-order chi connectivity index (χ1) is 5.91. The molecule has 0 spiro atoms. The van der Waals surface area contributed by atoms with Gasteiger partial charge in [-0.25, -0.2) is 0 Å². The van der Waals surface area contributed by atoms with Gasteiger partial charge < -0.3 is 31.0 Å². The highest BCUT2D eigenvalue weighted by Crippen LogP contribution is 2.05. The first-order valence-corrected chi connectivity index (χ1v) is 3.75. The fraction of sp³-hybridized carbons (Fsp3) is 0.857. The Hall–Kier alpha value is -0.570. The summed E-state index contributed by atoms with van der Waals surface area (Å²) in [6.45, 7) is 0.273. The molecule has 14 heavy (non-hydrogen) atoms. The Kier molecular flexibility index (Phi) is 7.74. The molecule has 0 bridgehead atoms. The Bertz CT molecular complexity index is 171. The quantitative estimate of drug-likeness (QED) is 0.315. The highest BCUT2D eigenvalue weighted by molar-refractivity contribution is 5.80. The molecule has 0 radical (unpaired) electrons. The molecule has 86 valence electrons. The van der Waals surface area contributed by atoms with Crippen LogP contribution in [0.25, 0.3) is 0 Å². The standard InChI is InChI=1S/C7H14O6.H2O/c1-3(9)5(11)7(13)6(12)4(10)2-8;/h4-8,10-13H,2H2,1H3;1H2/t4-,5+,6-,7-;/m1./s1. The Balaban J connectivity index is 0. The minimum Gasteiger partial charge on any atom is -0.412 e. The van der Waals surface area contributed by atoms with Gasteiger partial charge in [-0.1, -0.05) is 0 Å². The number of hydrogen-bond acceptors (Lipinski definition) is 6. The molecular weight excluding hydrogens is 196 g/mol.